The van der Waals surface area contributed by atoms with E-state index >= 15 is 0 Å². The van der Waals surface area contributed by atoms with E-state index < -0.39 is 5.97 Å². The summed E-state index contributed by atoms with van der Waals surface area (Å²) in [6, 6.07) is 1.67. The lowest BCUT2D eigenvalue weighted by Gasteiger charge is -2.26. The van der Waals surface area contributed by atoms with E-state index in [1.807, 2.05) is 11.5 Å². The Labute approximate surface area is 129 Å². The third kappa shape index (κ3) is 4.00. The minimum absolute atomic E-state index is 0.121. The molecule has 1 fully saturated rings. The quantitative estimate of drug-likeness (QED) is 0.878. The van der Waals surface area contributed by atoms with Crippen molar-refractivity contribution in [1.82, 2.24) is 9.88 Å². The van der Waals surface area contributed by atoms with Gasteiger partial charge in [-0.05, 0) is 44.6 Å². The van der Waals surface area contributed by atoms with Gasteiger partial charge in [-0.1, -0.05) is 11.6 Å². The Bertz CT molecular complexity index is 519. The van der Waals surface area contributed by atoms with Crippen molar-refractivity contribution in [2.75, 3.05) is 6.54 Å². The smallest absolute Gasteiger partial charge is 0.306 e. The van der Waals surface area contributed by atoms with Crippen molar-refractivity contribution in [3.05, 3.63) is 23.0 Å². The number of carboxylic acid groups (broad SMARTS) is 1. The van der Waals surface area contributed by atoms with E-state index in [0.29, 0.717) is 42.6 Å². The van der Waals surface area contributed by atoms with Crippen molar-refractivity contribution in [1.29, 1.82) is 0 Å². The summed E-state index contributed by atoms with van der Waals surface area (Å²) in [6.45, 7) is 3.25. The zero-order chi connectivity index (χ0) is 15.4. The molecule has 1 amide bonds. The van der Waals surface area contributed by atoms with Gasteiger partial charge in [0.2, 0.25) is 0 Å². The molecule has 116 valence electrons. The number of aromatic nitrogens is 1. The SMILES string of the molecule is CCn1cc(Cl)cc1C(=O)NCC1CCC(C(=O)O)CC1. The number of hydrogen-bond donors (Lipinski definition) is 2. The van der Waals surface area contributed by atoms with Crippen LogP contribution in [-0.4, -0.2) is 28.1 Å². The van der Waals surface area contributed by atoms with Crippen LogP contribution in [0.25, 0.3) is 0 Å². The van der Waals surface area contributed by atoms with Gasteiger partial charge in [0.05, 0.1) is 10.9 Å². The molecular formula is C15H21ClN2O3. The number of hydrogen-bond acceptors (Lipinski definition) is 2. The van der Waals surface area contributed by atoms with Crippen LogP contribution in [0.2, 0.25) is 5.02 Å². The molecule has 0 aliphatic heterocycles. The average Bonchev–Trinajstić information content (AvgIpc) is 2.86. The van der Waals surface area contributed by atoms with Crippen LogP contribution in [0, 0.1) is 11.8 Å². The van der Waals surface area contributed by atoms with Crippen LogP contribution in [0.5, 0.6) is 0 Å². The van der Waals surface area contributed by atoms with Gasteiger partial charge in [-0.15, -0.1) is 0 Å². The second-order valence-corrected chi connectivity index (χ2v) is 6.03. The Morgan fingerprint density at radius 3 is 2.62 bits per heavy atom. The molecule has 0 aromatic carbocycles. The number of nitrogens with zero attached hydrogens (tertiary/aromatic N) is 1. The van der Waals surface area contributed by atoms with Crippen LogP contribution in [0.1, 0.15) is 43.1 Å². The van der Waals surface area contributed by atoms with Crippen LogP contribution in [0.15, 0.2) is 12.3 Å². The molecule has 1 aromatic heterocycles. The number of amides is 1. The highest BCUT2D eigenvalue weighted by Crippen LogP contribution is 2.28. The highest BCUT2D eigenvalue weighted by Gasteiger charge is 2.26. The van der Waals surface area contributed by atoms with Crippen molar-refractivity contribution in [2.24, 2.45) is 11.8 Å². The Morgan fingerprint density at radius 1 is 1.38 bits per heavy atom. The maximum atomic E-state index is 12.2. The minimum atomic E-state index is -0.701. The molecule has 2 N–H and O–H groups in total. The second-order valence-electron chi connectivity index (χ2n) is 5.60. The van der Waals surface area contributed by atoms with Gasteiger partial charge in [0.15, 0.2) is 0 Å². The van der Waals surface area contributed by atoms with E-state index in [9.17, 15) is 9.59 Å². The standard InChI is InChI=1S/C15H21ClN2O3/c1-2-18-9-12(16)7-13(18)14(19)17-8-10-3-5-11(6-4-10)15(20)21/h7,9-11H,2-6,8H2,1H3,(H,17,19)(H,20,21). The number of carboxylic acids is 1. The van der Waals surface area contributed by atoms with Crippen molar-refractivity contribution < 1.29 is 14.7 Å². The van der Waals surface area contributed by atoms with E-state index in [1.54, 1.807) is 12.3 Å². The monoisotopic (exact) mass is 312 g/mol. The first-order chi connectivity index (χ1) is 10.0. The highest BCUT2D eigenvalue weighted by molar-refractivity contribution is 6.31. The fraction of sp³-hybridized carbons (Fsp3) is 0.600. The number of aliphatic carboxylic acids is 1. The lowest BCUT2D eigenvalue weighted by Crippen LogP contribution is -2.33. The molecule has 0 atom stereocenters. The number of rotatable bonds is 5. The van der Waals surface area contributed by atoms with Crippen LogP contribution >= 0.6 is 11.6 Å². The summed E-state index contributed by atoms with van der Waals surface area (Å²) in [7, 11) is 0. The van der Waals surface area contributed by atoms with Crippen LogP contribution < -0.4 is 5.32 Å². The number of nitrogens with one attached hydrogen (secondary N) is 1. The summed E-state index contributed by atoms with van der Waals surface area (Å²) in [5.74, 6) is -0.671. The third-order valence-corrected chi connectivity index (χ3v) is 4.39. The fourth-order valence-corrected chi connectivity index (χ4v) is 3.09. The van der Waals surface area contributed by atoms with E-state index in [1.165, 1.54) is 0 Å². The molecule has 0 spiro atoms. The Kier molecular flexibility index (Phi) is 5.28. The topological polar surface area (TPSA) is 71.3 Å². The predicted octanol–water partition coefficient (Wildman–Crippen LogP) is 2.78. The second kappa shape index (κ2) is 6.98. The van der Waals surface area contributed by atoms with E-state index in [4.69, 9.17) is 16.7 Å². The van der Waals surface area contributed by atoms with Gasteiger partial charge in [0.25, 0.3) is 5.91 Å². The van der Waals surface area contributed by atoms with E-state index in [2.05, 4.69) is 5.32 Å². The molecule has 2 rings (SSSR count). The number of halogens is 1. The number of aryl methyl sites for hydroxylation is 1. The van der Waals surface area contributed by atoms with Crippen LogP contribution in [-0.2, 0) is 11.3 Å². The molecule has 1 aromatic rings. The highest BCUT2D eigenvalue weighted by atomic mass is 35.5. The van der Waals surface area contributed by atoms with Gasteiger partial charge in [-0.25, -0.2) is 0 Å². The molecule has 1 saturated carbocycles. The van der Waals surface area contributed by atoms with Gasteiger partial charge >= 0.3 is 5.97 Å². The van der Waals surface area contributed by atoms with Gasteiger partial charge in [-0.2, -0.15) is 0 Å². The van der Waals surface area contributed by atoms with Crippen molar-refractivity contribution in [3.63, 3.8) is 0 Å². The van der Waals surface area contributed by atoms with Crippen molar-refractivity contribution in [2.45, 2.75) is 39.2 Å². The first-order valence-corrected chi connectivity index (χ1v) is 7.75. The molecule has 6 heteroatoms. The van der Waals surface area contributed by atoms with Gasteiger partial charge in [0, 0.05) is 19.3 Å². The molecule has 5 nitrogen and oxygen atoms in total. The molecule has 1 heterocycles. The van der Waals surface area contributed by atoms with Crippen LogP contribution in [0.4, 0.5) is 0 Å². The summed E-state index contributed by atoms with van der Waals surface area (Å²) < 4.78 is 1.82. The Hall–Kier alpha value is -1.49. The molecular weight excluding hydrogens is 292 g/mol. The number of carbonyl (C=O) groups is 2. The molecule has 0 saturated heterocycles. The summed E-state index contributed by atoms with van der Waals surface area (Å²) in [6.07, 6.45) is 4.86. The fourth-order valence-electron chi connectivity index (χ4n) is 2.87. The lowest BCUT2D eigenvalue weighted by atomic mass is 9.82. The van der Waals surface area contributed by atoms with Crippen LogP contribution in [0.3, 0.4) is 0 Å². The largest absolute Gasteiger partial charge is 0.481 e. The first-order valence-electron chi connectivity index (χ1n) is 7.38. The summed E-state index contributed by atoms with van der Waals surface area (Å²) >= 11 is 5.93. The molecule has 0 unspecified atom stereocenters. The number of carbonyl (C=O) groups excluding carboxylic acids is 1. The summed E-state index contributed by atoms with van der Waals surface area (Å²) in [5.41, 5.74) is 0.571. The Balaban J connectivity index is 1.83. The van der Waals surface area contributed by atoms with Crippen molar-refractivity contribution in [3.8, 4) is 0 Å². The predicted molar refractivity (Wildman–Crippen MR) is 80.5 cm³/mol. The van der Waals surface area contributed by atoms with Crippen molar-refractivity contribution >= 4 is 23.5 Å². The zero-order valence-corrected chi connectivity index (χ0v) is 12.9. The molecule has 1 aliphatic rings. The molecule has 0 radical (unpaired) electrons. The maximum absolute atomic E-state index is 12.2. The molecule has 0 bridgehead atoms. The minimum Gasteiger partial charge on any atom is -0.481 e. The Morgan fingerprint density at radius 2 is 2.05 bits per heavy atom. The maximum Gasteiger partial charge on any atom is 0.306 e. The van der Waals surface area contributed by atoms with Gasteiger partial charge in [0.1, 0.15) is 5.69 Å². The van der Waals surface area contributed by atoms with Gasteiger partial charge < -0.3 is 15.0 Å². The molecule has 21 heavy (non-hydrogen) atoms. The zero-order valence-electron chi connectivity index (χ0n) is 12.1. The lowest BCUT2D eigenvalue weighted by molar-refractivity contribution is -0.143. The normalized spacial score (nSPS) is 22.0. The molecule has 1 aliphatic carbocycles. The van der Waals surface area contributed by atoms with E-state index in [0.717, 1.165) is 12.8 Å². The average molecular weight is 313 g/mol. The van der Waals surface area contributed by atoms with Gasteiger partial charge in [-0.3, -0.25) is 9.59 Å². The summed E-state index contributed by atoms with van der Waals surface area (Å²) in [4.78, 5) is 23.1. The first kappa shape index (κ1) is 15.9. The third-order valence-electron chi connectivity index (χ3n) is 4.18. The summed E-state index contributed by atoms with van der Waals surface area (Å²) in [5, 5.41) is 12.5. The van der Waals surface area contributed by atoms with E-state index in [-0.39, 0.29) is 11.8 Å².